The second-order valence-corrected chi connectivity index (χ2v) is 5.49. The number of hydrogen-bond donors (Lipinski definition) is 1. The smallest absolute Gasteiger partial charge is 0.407 e. The molecule has 0 saturated heterocycles. The molecule has 1 amide bonds. The van der Waals surface area contributed by atoms with Gasteiger partial charge in [-0.25, -0.2) is 9.18 Å². The number of benzene rings is 2. The molecule has 0 radical (unpaired) electrons. The van der Waals surface area contributed by atoms with Crippen molar-refractivity contribution in [1.29, 1.82) is 0 Å². The Morgan fingerprint density at radius 1 is 1.16 bits per heavy atom. The molecule has 5 heteroatoms. The van der Waals surface area contributed by atoms with E-state index in [-0.39, 0.29) is 12.2 Å². The van der Waals surface area contributed by atoms with Gasteiger partial charge in [-0.15, -0.1) is 0 Å². The third kappa shape index (κ3) is 5.57. The predicted octanol–water partition coefficient (Wildman–Crippen LogP) is 4.28. The maximum absolute atomic E-state index is 13.6. The molecule has 0 heterocycles. The van der Waals surface area contributed by atoms with Crippen molar-refractivity contribution in [2.24, 2.45) is 0 Å². The summed E-state index contributed by atoms with van der Waals surface area (Å²) in [4.78, 5) is 22.6. The highest BCUT2D eigenvalue weighted by Gasteiger charge is 2.08. The van der Waals surface area contributed by atoms with Crippen molar-refractivity contribution in [2.75, 3.05) is 6.54 Å². The van der Waals surface area contributed by atoms with Crippen molar-refractivity contribution in [3.8, 4) is 0 Å². The summed E-state index contributed by atoms with van der Waals surface area (Å²) in [5, 5.41) is 2.64. The fourth-order valence-electron chi connectivity index (χ4n) is 2.29. The van der Waals surface area contributed by atoms with Crippen LogP contribution in [-0.4, -0.2) is 18.9 Å². The molecule has 4 nitrogen and oxygen atoms in total. The third-order valence-corrected chi connectivity index (χ3v) is 3.65. The Morgan fingerprint density at radius 2 is 1.92 bits per heavy atom. The monoisotopic (exact) mass is 341 g/mol. The number of nitrogens with one attached hydrogen (secondary N) is 1. The summed E-state index contributed by atoms with van der Waals surface area (Å²) >= 11 is 0. The normalized spacial score (nSPS) is 10.6. The van der Waals surface area contributed by atoms with Crippen molar-refractivity contribution in [2.45, 2.75) is 20.0 Å². The number of halogens is 1. The van der Waals surface area contributed by atoms with Crippen molar-refractivity contribution in [3.63, 3.8) is 0 Å². The van der Waals surface area contributed by atoms with E-state index in [9.17, 15) is 14.0 Å². The van der Waals surface area contributed by atoms with E-state index in [1.807, 2.05) is 37.3 Å². The summed E-state index contributed by atoms with van der Waals surface area (Å²) in [7, 11) is 0. The van der Waals surface area contributed by atoms with Crippen molar-refractivity contribution in [1.82, 2.24) is 5.32 Å². The first-order valence-electron chi connectivity index (χ1n) is 7.97. The molecule has 2 aromatic rings. The van der Waals surface area contributed by atoms with Gasteiger partial charge >= 0.3 is 6.09 Å². The van der Waals surface area contributed by atoms with Crippen molar-refractivity contribution >= 4 is 18.5 Å². The Labute approximate surface area is 146 Å². The lowest BCUT2D eigenvalue weighted by atomic mass is 10.0. The van der Waals surface area contributed by atoms with Crippen LogP contribution in [0, 0.1) is 12.7 Å². The van der Waals surface area contributed by atoms with Gasteiger partial charge < -0.3 is 10.1 Å². The number of amides is 1. The van der Waals surface area contributed by atoms with Crippen LogP contribution in [0.25, 0.3) is 6.08 Å². The van der Waals surface area contributed by atoms with Gasteiger partial charge in [0.1, 0.15) is 12.4 Å². The van der Waals surface area contributed by atoms with Crippen LogP contribution in [-0.2, 0) is 11.3 Å². The Morgan fingerprint density at radius 3 is 2.64 bits per heavy atom. The molecule has 2 rings (SSSR count). The molecule has 0 aromatic heterocycles. The molecule has 0 bridgehead atoms. The predicted molar refractivity (Wildman–Crippen MR) is 94.8 cm³/mol. The number of rotatable bonds is 7. The zero-order valence-corrected chi connectivity index (χ0v) is 14.0. The second-order valence-electron chi connectivity index (χ2n) is 5.49. The summed E-state index contributed by atoms with van der Waals surface area (Å²) in [5.41, 5.74) is 2.34. The average molecular weight is 341 g/mol. The minimum Gasteiger partial charge on any atom is -0.445 e. The van der Waals surface area contributed by atoms with Crippen LogP contribution in [0.15, 0.2) is 48.5 Å². The van der Waals surface area contributed by atoms with Crippen LogP contribution >= 0.6 is 0 Å². The SMILES string of the molecule is Cc1ccc(F)c(C=O)c1C=CCCNC(=O)OCc1ccccc1. The molecule has 0 aliphatic heterocycles. The van der Waals surface area contributed by atoms with Crippen LogP contribution < -0.4 is 5.32 Å². The Kier molecular flexibility index (Phi) is 6.89. The Balaban J connectivity index is 1.77. The highest BCUT2D eigenvalue weighted by Crippen LogP contribution is 2.18. The fraction of sp³-hybridized carbons (Fsp3) is 0.200. The van der Waals surface area contributed by atoms with Gasteiger partial charge in [0.25, 0.3) is 0 Å². The lowest BCUT2D eigenvalue weighted by Gasteiger charge is -2.06. The van der Waals surface area contributed by atoms with E-state index >= 15 is 0 Å². The van der Waals surface area contributed by atoms with Crippen molar-refractivity contribution in [3.05, 3.63) is 76.6 Å². The molecular formula is C20H20FNO3. The zero-order chi connectivity index (χ0) is 18.1. The number of hydrogen-bond acceptors (Lipinski definition) is 3. The quantitative estimate of drug-likeness (QED) is 0.604. The van der Waals surface area contributed by atoms with Gasteiger partial charge in [0.05, 0.1) is 5.56 Å². The van der Waals surface area contributed by atoms with Gasteiger partial charge in [0.15, 0.2) is 6.29 Å². The van der Waals surface area contributed by atoms with Crippen LogP contribution in [0.5, 0.6) is 0 Å². The molecule has 25 heavy (non-hydrogen) atoms. The molecule has 0 saturated carbocycles. The number of carbonyl (C=O) groups excluding carboxylic acids is 2. The summed E-state index contributed by atoms with van der Waals surface area (Å²) in [6.07, 6.45) is 4.04. The first-order chi connectivity index (χ1) is 12.1. The van der Waals surface area contributed by atoms with Crippen LogP contribution in [0.4, 0.5) is 9.18 Å². The van der Waals surface area contributed by atoms with E-state index in [1.165, 1.54) is 6.07 Å². The molecule has 0 spiro atoms. The summed E-state index contributed by atoms with van der Waals surface area (Å²) in [5.74, 6) is -0.539. The van der Waals surface area contributed by atoms with Crippen LogP contribution in [0.3, 0.4) is 0 Å². The van der Waals surface area contributed by atoms with E-state index in [2.05, 4.69) is 5.32 Å². The standard InChI is InChI=1S/C20H20FNO3/c1-15-10-11-19(21)18(13-23)17(15)9-5-6-12-22-20(24)25-14-16-7-3-2-4-8-16/h2-5,7-11,13H,6,12,14H2,1H3,(H,22,24). The average Bonchev–Trinajstić information content (AvgIpc) is 2.63. The molecule has 0 aliphatic carbocycles. The van der Waals surface area contributed by atoms with E-state index in [0.717, 1.165) is 11.1 Å². The molecule has 130 valence electrons. The minimum atomic E-state index is -0.539. The molecule has 0 aliphatic rings. The van der Waals surface area contributed by atoms with E-state index < -0.39 is 11.9 Å². The number of alkyl carbamates (subject to hydrolysis) is 1. The number of carbonyl (C=O) groups is 2. The summed E-state index contributed by atoms with van der Waals surface area (Å²) in [6.45, 7) is 2.41. The Bertz CT molecular complexity index is 757. The first kappa shape index (κ1) is 18.4. The molecule has 2 aromatic carbocycles. The molecule has 0 fully saturated rings. The first-order valence-corrected chi connectivity index (χ1v) is 7.97. The van der Waals surface area contributed by atoms with Crippen LogP contribution in [0.2, 0.25) is 0 Å². The number of aldehydes is 1. The summed E-state index contributed by atoms with van der Waals surface area (Å²) < 4.78 is 18.7. The van der Waals surface area contributed by atoms with Gasteiger partial charge in [0.2, 0.25) is 0 Å². The Hall–Kier alpha value is -2.95. The van der Waals surface area contributed by atoms with Gasteiger partial charge in [-0.05, 0) is 36.1 Å². The second kappa shape index (κ2) is 9.37. The maximum atomic E-state index is 13.6. The minimum absolute atomic E-state index is 0.0477. The molecule has 0 unspecified atom stereocenters. The lowest BCUT2D eigenvalue weighted by Crippen LogP contribution is -2.24. The molecule has 0 atom stereocenters. The van der Waals surface area contributed by atoms with Gasteiger partial charge in [-0.2, -0.15) is 0 Å². The zero-order valence-electron chi connectivity index (χ0n) is 14.0. The number of ether oxygens (including phenoxy) is 1. The van der Waals surface area contributed by atoms with Gasteiger partial charge in [-0.1, -0.05) is 48.6 Å². The van der Waals surface area contributed by atoms with Crippen molar-refractivity contribution < 1.29 is 18.7 Å². The maximum Gasteiger partial charge on any atom is 0.407 e. The number of aryl methyl sites for hydroxylation is 1. The fourth-order valence-corrected chi connectivity index (χ4v) is 2.29. The topological polar surface area (TPSA) is 55.4 Å². The summed E-state index contributed by atoms with van der Waals surface area (Å²) in [6, 6.07) is 12.3. The highest BCUT2D eigenvalue weighted by atomic mass is 19.1. The highest BCUT2D eigenvalue weighted by molar-refractivity contribution is 5.83. The third-order valence-electron chi connectivity index (χ3n) is 3.65. The van der Waals surface area contributed by atoms with Gasteiger partial charge in [-0.3, -0.25) is 4.79 Å². The largest absolute Gasteiger partial charge is 0.445 e. The van der Waals surface area contributed by atoms with Crippen LogP contribution in [0.1, 0.15) is 33.5 Å². The van der Waals surface area contributed by atoms with E-state index in [1.54, 1.807) is 18.2 Å². The van der Waals surface area contributed by atoms with E-state index in [0.29, 0.717) is 24.8 Å². The molecular weight excluding hydrogens is 321 g/mol. The van der Waals surface area contributed by atoms with Gasteiger partial charge in [0, 0.05) is 6.54 Å². The molecule has 1 N–H and O–H groups in total. The van der Waals surface area contributed by atoms with E-state index in [4.69, 9.17) is 4.74 Å². The lowest BCUT2D eigenvalue weighted by molar-refractivity contribution is 0.111.